The number of thiazole rings is 1. The largest absolute Gasteiger partial charge is 0.454 e. The Bertz CT molecular complexity index is 784. The molecule has 0 spiro atoms. The Morgan fingerprint density at radius 1 is 1.31 bits per heavy atom. The number of likely N-dealkylation sites (tertiary alicyclic amines) is 1. The maximum absolute atomic E-state index is 12.8. The van der Waals surface area contributed by atoms with Crippen molar-refractivity contribution < 1.29 is 14.3 Å². The van der Waals surface area contributed by atoms with Crippen LogP contribution in [0.15, 0.2) is 24.4 Å². The summed E-state index contributed by atoms with van der Waals surface area (Å²) in [6.45, 7) is 6.08. The smallest absolute Gasteiger partial charge is 0.265 e. The molecule has 1 N–H and O–H groups in total. The minimum absolute atomic E-state index is 0.0939. The second kappa shape index (κ2) is 7.63. The van der Waals surface area contributed by atoms with Crippen molar-refractivity contribution in [1.82, 2.24) is 15.2 Å². The van der Waals surface area contributed by atoms with Crippen LogP contribution in [0, 0.1) is 5.92 Å². The summed E-state index contributed by atoms with van der Waals surface area (Å²) in [5, 5.41) is 4.23. The van der Waals surface area contributed by atoms with Gasteiger partial charge in [-0.2, -0.15) is 0 Å². The molecule has 1 amide bonds. The molecule has 2 aromatic rings. The van der Waals surface area contributed by atoms with Gasteiger partial charge in [-0.25, -0.2) is 4.98 Å². The van der Waals surface area contributed by atoms with Crippen LogP contribution in [0.3, 0.4) is 0 Å². The molecule has 0 atom stereocenters. The number of rotatable bonds is 5. The topological polar surface area (TPSA) is 63.7 Å². The highest BCUT2D eigenvalue weighted by Gasteiger charge is 2.25. The summed E-state index contributed by atoms with van der Waals surface area (Å²) in [7, 11) is 0. The Kier molecular flexibility index (Phi) is 5.08. The Morgan fingerprint density at radius 2 is 2.12 bits per heavy atom. The first-order chi connectivity index (χ1) is 12.7. The van der Waals surface area contributed by atoms with Gasteiger partial charge in [-0.15, -0.1) is 11.3 Å². The van der Waals surface area contributed by atoms with Crippen LogP contribution in [0.2, 0.25) is 0 Å². The van der Waals surface area contributed by atoms with E-state index in [1.54, 1.807) is 6.20 Å². The summed E-state index contributed by atoms with van der Waals surface area (Å²) in [6, 6.07) is 5.75. The number of nitrogens with one attached hydrogen (secondary N) is 1. The summed E-state index contributed by atoms with van der Waals surface area (Å²) < 4.78 is 10.8. The fraction of sp³-hybridized carbons (Fsp3) is 0.474. The van der Waals surface area contributed by atoms with E-state index in [1.807, 2.05) is 23.1 Å². The predicted molar refractivity (Wildman–Crippen MR) is 101 cm³/mol. The van der Waals surface area contributed by atoms with E-state index in [0.717, 1.165) is 61.1 Å². The Labute approximate surface area is 157 Å². The van der Waals surface area contributed by atoms with E-state index in [9.17, 15) is 4.79 Å². The van der Waals surface area contributed by atoms with Gasteiger partial charge in [0.1, 0.15) is 9.88 Å². The van der Waals surface area contributed by atoms with Crippen molar-refractivity contribution in [3.05, 3.63) is 29.3 Å². The Hall–Kier alpha value is -2.12. The molecule has 0 radical (unpaired) electrons. The number of fused-ring (bicyclic) bond motifs is 1. The molecule has 1 aromatic heterocycles. The lowest BCUT2D eigenvalue weighted by Crippen LogP contribution is -2.40. The average molecular weight is 373 g/mol. The molecule has 2 aliphatic heterocycles. The number of amides is 1. The van der Waals surface area contributed by atoms with Gasteiger partial charge in [0.25, 0.3) is 5.91 Å². The fourth-order valence-corrected chi connectivity index (χ4v) is 4.26. The van der Waals surface area contributed by atoms with E-state index in [1.165, 1.54) is 11.3 Å². The zero-order chi connectivity index (χ0) is 17.9. The van der Waals surface area contributed by atoms with Crippen LogP contribution >= 0.6 is 11.3 Å². The van der Waals surface area contributed by atoms with Gasteiger partial charge in [0.15, 0.2) is 11.5 Å². The van der Waals surface area contributed by atoms with Gasteiger partial charge in [0, 0.05) is 18.7 Å². The van der Waals surface area contributed by atoms with Crippen molar-refractivity contribution in [2.24, 2.45) is 5.92 Å². The molecule has 6 nitrogen and oxygen atoms in total. The minimum atomic E-state index is 0.0939. The third kappa shape index (κ3) is 3.54. The summed E-state index contributed by atoms with van der Waals surface area (Å²) in [5.74, 6) is 2.25. The van der Waals surface area contributed by atoms with E-state index in [4.69, 9.17) is 9.47 Å². The van der Waals surface area contributed by atoms with E-state index < -0.39 is 0 Å². The van der Waals surface area contributed by atoms with E-state index in [0.29, 0.717) is 10.8 Å². The Balaban J connectivity index is 1.41. The third-order valence-electron chi connectivity index (χ3n) is 4.92. The normalized spacial score (nSPS) is 16.9. The van der Waals surface area contributed by atoms with Gasteiger partial charge in [-0.05, 0) is 50.0 Å². The number of carbonyl (C=O) groups excluding carboxylic acids is 1. The first kappa shape index (κ1) is 17.3. The molecule has 0 bridgehead atoms. The minimum Gasteiger partial charge on any atom is -0.454 e. The van der Waals surface area contributed by atoms with Gasteiger partial charge in [-0.3, -0.25) is 4.79 Å². The van der Waals surface area contributed by atoms with E-state index in [2.05, 4.69) is 17.2 Å². The highest BCUT2D eigenvalue weighted by atomic mass is 32.1. The lowest BCUT2D eigenvalue weighted by molar-refractivity contribution is 0.0695. The lowest BCUT2D eigenvalue weighted by atomic mass is 9.96. The van der Waals surface area contributed by atoms with Crippen molar-refractivity contribution in [2.45, 2.75) is 19.8 Å². The second-order valence-electron chi connectivity index (χ2n) is 6.64. The van der Waals surface area contributed by atoms with Gasteiger partial charge < -0.3 is 19.7 Å². The first-order valence-electron chi connectivity index (χ1n) is 9.10. The van der Waals surface area contributed by atoms with E-state index >= 15 is 0 Å². The van der Waals surface area contributed by atoms with E-state index in [-0.39, 0.29) is 12.7 Å². The summed E-state index contributed by atoms with van der Waals surface area (Å²) in [6.07, 6.45) is 3.82. The van der Waals surface area contributed by atoms with Gasteiger partial charge >= 0.3 is 0 Å². The van der Waals surface area contributed by atoms with Gasteiger partial charge in [-0.1, -0.05) is 6.92 Å². The van der Waals surface area contributed by atoms with Crippen LogP contribution in [0.25, 0.3) is 10.6 Å². The first-order valence-corrected chi connectivity index (χ1v) is 9.92. The van der Waals surface area contributed by atoms with Crippen LogP contribution < -0.4 is 14.8 Å². The SMILES string of the molecule is CCNCC1CCN(C(=O)c2cnc(-c3ccc4c(c3)OCO4)s2)CC1. The average Bonchev–Trinajstić information content (AvgIpc) is 3.35. The van der Waals surface area contributed by atoms with Crippen LogP contribution in [-0.4, -0.2) is 48.8 Å². The molecule has 3 heterocycles. The van der Waals surface area contributed by atoms with Gasteiger partial charge in [0.2, 0.25) is 6.79 Å². The zero-order valence-electron chi connectivity index (χ0n) is 14.9. The number of piperidine rings is 1. The molecule has 7 heteroatoms. The molecule has 138 valence electrons. The van der Waals surface area contributed by atoms with Crippen LogP contribution in [0.5, 0.6) is 11.5 Å². The number of carbonyl (C=O) groups is 1. The summed E-state index contributed by atoms with van der Waals surface area (Å²) in [5.41, 5.74) is 0.947. The standard InChI is InChI=1S/C19H23N3O3S/c1-2-20-10-13-5-7-22(8-6-13)19(23)17-11-21-18(26-17)14-3-4-15-16(9-14)25-12-24-15/h3-4,9,11,13,20H,2,5-8,10,12H2,1H3. The quantitative estimate of drug-likeness (QED) is 0.873. The molecular weight excluding hydrogens is 350 g/mol. The molecule has 1 saturated heterocycles. The molecular formula is C19H23N3O3S. The molecule has 0 unspecified atom stereocenters. The molecule has 26 heavy (non-hydrogen) atoms. The molecule has 2 aliphatic rings. The predicted octanol–water partition coefficient (Wildman–Crippen LogP) is 3.00. The molecule has 0 aliphatic carbocycles. The number of ether oxygens (including phenoxy) is 2. The van der Waals surface area contributed by atoms with Crippen molar-refractivity contribution in [3.63, 3.8) is 0 Å². The third-order valence-corrected chi connectivity index (χ3v) is 5.96. The van der Waals surface area contributed by atoms with Crippen LogP contribution in [0.4, 0.5) is 0 Å². The van der Waals surface area contributed by atoms with Crippen molar-refractivity contribution in [3.8, 4) is 22.1 Å². The second-order valence-corrected chi connectivity index (χ2v) is 7.67. The monoisotopic (exact) mass is 373 g/mol. The summed E-state index contributed by atoms with van der Waals surface area (Å²) in [4.78, 5) is 19.9. The number of benzene rings is 1. The maximum Gasteiger partial charge on any atom is 0.265 e. The van der Waals surface area contributed by atoms with Gasteiger partial charge in [0.05, 0.1) is 6.20 Å². The van der Waals surface area contributed by atoms with Crippen LogP contribution in [-0.2, 0) is 0 Å². The number of hydrogen-bond donors (Lipinski definition) is 1. The highest BCUT2D eigenvalue weighted by molar-refractivity contribution is 7.16. The number of nitrogens with zero attached hydrogens (tertiary/aromatic N) is 2. The molecule has 1 fully saturated rings. The summed E-state index contributed by atoms with van der Waals surface area (Å²) >= 11 is 1.44. The van der Waals surface area contributed by atoms with Crippen LogP contribution in [0.1, 0.15) is 29.4 Å². The number of aromatic nitrogens is 1. The molecule has 4 rings (SSSR count). The maximum atomic E-state index is 12.8. The Morgan fingerprint density at radius 3 is 2.92 bits per heavy atom. The lowest BCUT2D eigenvalue weighted by Gasteiger charge is -2.31. The number of hydrogen-bond acceptors (Lipinski definition) is 6. The van der Waals surface area contributed by atoms with Crippen molar-refractivity contribution >= 4 is 17.2 Å². The fourth-order valence-electron chi connectivity index (χ4n) is 3.38. The van der Waals surface area contributed by atoms with Crippen molar-refractivity contribution in [1.29, 1.82) is 0 Å². The highest BCUT2D eigenvalue weighted by Crippen LogP contribution is 2.37. The molecule has 1 aromatic carbocycles. The molecule has 0 saturated carbocycles. The van der Waals surface area contributed by atoms with Crippen molar-refractivity contribution in [2.75, 3.05) is 33.0 Å². The zero-order valence-corrected chi connectivity index (χ0v) is 15.7.